The van der Waals surface area contributed by atoms with Crippen LogP contribution in [0.25, 0.3) is 10.6 Å². The number of nitrogens with zero attached hydrogens (tertiary/aromatic N) is 1. The number of alkyl halides is 3. The van der Waals surface area contributed by atoms with E-state index >= 15 is 0 Å². The molecular weight excluding hydrogens is 464 g/mol. The van der Waals surface area contributed by atoms with E-state index < -0.39 is 35.9 Å². The molecule has 0 aliphatic rings. The van der Waals surface area contributed by atoms with E-state index in [1.165, 1.54) is 22.8 Å². The predicted molar refractivity (Wildman–Crippen MR) is 108 cm³/mol. The van der Waals surface area contributed by atoms with Crippen molar-refractivity contribution in [1.82, 2.24) is 4.98 Å². The number of hydrogen-bond acceptors (Lipinski definition) is 5. The number of halogens is 5. The van der Waals surface area contributed by atoms with Gasteiger partial charge < -0.3 is 10.1 Å². The number of anilines is 1. The van der Waals surface area contributed by atoms with Gasteiger partial charge in [0.25, 0.3) is 5.91 Å². The van der Waals surface area contributed by atoms with Crippen molar-refractivity contribution in [2.45, 2.75) is 6.18 Å². The van der Waals surface area contributed by atoms with Crippen LogP contribution in [0.15, 0.2) is 47.8 Å². The molecule has 0 saturated carbocycles. The summed E-state index contributed by atoms with van der Waals surface area (Å²) >= 11 is 12.6. The number of benzene rings is 2. The Bertz CT molecular complexity index is 1090. The molecule has 0 aliphatic carbocycles. The van der Waals surface area contributed by atoms with Crippen molar-refractivity contribution in [3.05, 3.63) is 69.1 Å². The smallest absolute Gasteiger partial charge is 0.418 e. The molecule has 1 heterocycles. The van der Waals surface area contributed by atoms with Crippen LogP contribution in [0.1, 0.15) is 16.1 Å². The summed E-state index contributed by atoms with van der Waals surface area (Å²) in [5, 5.41) is 4.47. The third-order valence-electron chi connectivity index (χ3n) is 3.70. The van der Waals surface area contributed by atoms with Crippen LogP contribution in [-0.4, -0.2) is 23.5 Å². The number of rotatable bonds is 5. The van der Waals surface area contributed by atoms with Gasteiger partial charge in [0.15, 0.2) is 12.3 Å². The van der Waals surface area contributed by atoms with E-state index in [9.17, 15) is 22.8 Å². The van der Waals surface area contributed by atoms with Gasteiger partial charge in [-0.15, -0.1) is 11.3 Å². The van der Waals surface area contributed by atoms with Crippen molar-refractivity contribution in [2.24, 2.45) is 0 Å². The Labute approximate surface area is 182 Å². The van der Waals surface area contributed by atoms with Crippen molar-refractivity contribution < 1.29 is 27.5 Å². The summed E-state index contributed by atoms with van der Waals surface area (Å²) in [4.78, 5) is 28.2. The summed E-state index contributed by atoms with van der Waals surface area (Å²) in [6, 6.07) is 9.72. The van der Waals surface area contributed by atoms with Crippen LogP contribution in [0.3, 0.4) is 0 Å². The Kier molecular flexibility index (Phi) is 6.64. The molecular formula is C19H11Cl2F3N2O3S. The summed E-state index contributed by atoms with van der Waals surface area (Å²) in [7, 11) is 0. The number of amides is 1. The average Bonchev–Trinajstić information content (AvgIpc) is 3.17. The Morgan fingerprint density at radius 2 is 1.73 bits per heavy atom. The lowest BCUT2D eigenvalue weighted by molar-refractivity contribution is -0.137. The topological polar surface area (TPSA) is 68.3 Å². The number of carbonyl (C=O) groups excluding carboxylic acids is 2. The van der Waals surface area contributed by atoms with Gasteiger partial charge in [0.1, 0.15) is 5.01 Å². The highest BCUT2D eigenvalue weighted by Crippen LogP contribution is 2.36. The van der Waals surface area contributed by atoms with Crippen molar-refractivity contribution in [2.75, 3.05) is 11.9 Å². The summed E-state index contributed by atoms with van der Waals surface area (Å²) in [5.74, 6) is -1.82. The van der Waals surface area contributed by atoms with Gasteiger partial charge >= 0.3 is 12.1 Å². The van der Waals surface area contributed by atoms with Gasteiger partial charge in [-0.3, -0.25) is 4.79 Å². The van der Waals surface area contributed by atoms with Crippen LogP contribution < -0.4 is 5.32 Å². The highest BCUT2D eigenvalue weighted by molar-refractivity contribution is 7.13. The van der Waals surface area contributed by atoms with Gasteiger partial charge in [-0.1, -0.05) is 35.3 Å². The van der Waals surface area contributed by atoms with Gasteiger partial charge in [0, 0.05) is 21.0 Å². The second-order valence-electron chi connectivity index (χ2n) is 5.86. The fraction of sp³-hybridized carbons (Fsp3) is 0.105. The van der Waals surface area contributed by atoms with Crippen LogP contribution in [0.2, 0.25) is 10.0 Å². The summed E-state index contributed by atoms with van der Waals surface area (Å²) in [6.45, 7) is -0.785. The van der Waals surface area contributed by atoms with Crippen molar-refractivity contribution in [3.63, 3.8) is 0 Å². The minimum absolute atomic E-state index is 0.0276. The first-order valence-electron chi connectivity index (χ1n) is 8.18. The third-order valence-corrected chi connectivity index (χ3v) is 5.08. The summed E-state index contributed by atoms with van der Waals surface area (Å²) in [5.41, 5.74) is -0.891. The maximum atomic E-state index is 13.1. The van der Waals surface area contributed by atoms with Crippen molar-refractivity contribution in [1.29, 1.82) is 0 Å². The van der Waals surface area contributed by atoms with E-state index in [2.05, 4.69) is 10.3 Å². The molecule has 1 amide bonds. The molecule has 0 atom stereocenters. The monoisotopic (exact) mass is 474 g/mol. The molecule has 0 spiro atoms. The normalized spacial score (nSPS) is 11.2. The lowest BCUT2D eigenvalue weighted by Gasteiger charge is -2.14. The first kappa shape index (κ1) is 22.1. The minimum atomic E-state index is -4.72. The van der Waals surface area contributed by atoms with Gasteiger partial charge in [0.2, 0.25) is 0 Å². The third kappa shape index (κ3) is 5.50. The number of aromatic nitrogens is 1. The second kappa shape index (κ2) is 9.03. The molecule has 2 aromatic carbocycles. The largest absolute Gasteiger partial charge is 0.451 e. The number of carbonyl (C=O) groups is 2. The molecule has 0 fully saturated rings. The fourth-order valence-electron chi connectivity index (χ4n) is 2.34. The first-order valence-corrected chi connectivity index (χ1v) is 9.82. The minimum Gasteiger partial charge on any atom is -0.451 e. The number of hydrogen-bond donors (Lipinski definition) is 1. The molecule has 0 unspecified atom stereocenters. The Hall–Kier alpha value is -2.62. The van der Waals surface area contributed by atoms with E-state index in [4.69, 9.17) is 27.9 Å². The van der Waals surface area contributed by atoms with Gasteiger partial charge in [-0.05, 0) is 30.3 Å². The molecule has 5 nitrogen and oxygen atoms in total. The van der Waals surface area contributed by atoms with Crippen molar-refractivity contribution >= 4 is 52.1 Å². The predicted octanol–water partition coefficient (Wildman–Crippen LogP) is 5.93. The van der Waals surface area contributed by atoms with E-state index in [1.807, 2.05) is 0 Å². The van der Waals surface area contributed by atoms with E-state index in [0.717, 1.165) is 11.6 Å². The molecule has 0 radical (unpaired) electrons. The lowest BCUT2D eigenvalue weighted by atomic mass is 10.1. The maximum absolute atomic E-state index is 13.1. The Morgan fingerprint density at radius 1 is 1.07 bits per heavy atom. The molecule has 1 aromatic heterocycles. The Balaban J connectivity index is 1.62. The highest BCUT2D eigenvalue weighted by atomic mass is 35.5. The SMILES string of the molecule is O=C(COC(=O)c1csc(-c2ccc(Cl)cc2)n1)Nc1ccc(Cl)cc1C(F)(F)F. The average molecular weight is 475 g/mol. The van der Waals surface area contributed by atoms with E-state index in [1.54, 1.807) is 24.3 Å². The molecule has 0 bridgehead atoms. The summed E-state index contributed by atoms with van der Waals surface area (Å²) < 4.78 is 44.1. The zero-order valence-corrected chi connectivity index (χ0v) is 17.1. The van der Waals surface area contributed by atoms with Crippen LogP contribution in [0.4, 0.5) is 18.9 Å². The van der Waals surface area contributed by atoms with Gasteiger partial charge in [-0.25, -0.2) is 9.78 Å². The van der Waals surface area contributed by atoms with Crippen molar-refractivity contribution in [3.8, 4) is 10.6 Å². The molecule has 3 rings (SSSR count). The van der Waals surface area contributed by atoms with Crippen LogP contribution >= 0.6 is 34.5 Å². The van der Waals surface area contributed by atoms with E-state index in [-0.39, 0.29) is 10.7 Å². The second-order valence-corrected chi connectivity index (χ2v) is 7.59. The molecule has 0 saturated heterocycles. The number of nitrogens with one attached hydrogen (secondary N) is 1. The summed E-state index contributed by atoms with van der Waals surface area (Å²) in [6.07, 6.45) is -4.72. The first-order chi connectivity index (χ1) is 14.1. The quantitative estimate of drug-likeness (QED) is 0.465. The molecule has 30 heavy (non-hydrogen) atoms. The molecule has 11 heteroatoms. The van der Waals surface area contributed by atoms with Crippen LogP contribution in [0.5, 0.6) is 0 Å². The fourth-order valence-corrected chi connectivity index (χ4v) is 3.44. The lowest BCUT2D eigenvalue weighted by Crippen LogP contribution is -2.23. The Morgan fingerprint density at radius 3 is 2.40 bits per heavy atom. The molecule has 0 aliphatic heterocycles. The van der Waals surface area contributed by atoms with Crippen LogP contribution in [0, 0.1) is 0 Å². The standard InChI is InChI=1S/C19H11Cl2F3N2O3S/c20-11-3-1-10(2-4-11)17-26-15(9-30-17)18(28)29-8-16(27)25-14-6-5-12(21)7-13(14)19(22,23)24/h1-7,9H,8H2,(H,25,27). The zero-order valence-electron chi connectivity index (χ0n) is 14.8. The van der Waals surface area contributed by atoms with Crippen LogP contribution in [-0.2, 0) is 15.7 Å². The molecule has 3 aromatic rings. The van der Waals surface area contributed by atoms with E-state index in [0.29, 0.717) is 16.1 Å². The van der Waals surface area contributed by atoms with Gasteiger partial charge in [-0.2, -0.15) is 13.2 Å². The van der Waals surface area contributed by atoms with Gasteiger partial charge in [0.05, 0.1) is 11.3 Å². The number of thiazole rings is 1. The molecule has 156 valence electrons. The highest BCUT2D eigenvalue weighted by Gasteiger charge is 2.34. The number of ether oxygens (including phenoxy) is 1. The zero-order chi connectivity index (χ0) is 21.9. The number of esters is 1. The maximum Gasteiger partial charge on any atom is 0.418 e. The molecule has 1 N–H and O–H groups in total.